The third-order valence-corrected chi connectivity index (χ3v) is 11.5. The van der Waals surface area contributed by atoms with E-state index in [4.69, 9.17) is 16.3 Å². The summed E-state index contributed by atoms with van der Waals surface area (Å²) in [5.74, 6) is -1.97. The predicted octanol–water partition coefficient (Wildman–Crippen LogP) is 1.73. The van der Waals surface area contributed by atoms with Crippen LogP contribution in [-0.4, -0.2) is 132 Å². The van der Waals surface area contributed by atoms with Crippen LogP contribution in [-0.2, 0) is 23.9 Å². The van der Waals surface area contributed by atoms with Crippen molar-refractivity contribution in [2.75, 3.05) is 75.8 Å². The summed E-state index contributed by atoms with van der Waals surface area (Å²) in [5.41, 5.74) is 3.29. The van der Waals surface area contributed by atoms with E-state index >= 15 is 0 Å². The van der Waals surface area contributed by atoms with Crippen molar-refractivity contribution in [1.82, 2.24) is 35.7 Å². The summed E-state index contributed by atoms with van der Waals surface area (Å²) in [4.78, 5) is 90.7. The molecule has 3 aliphatic heterocycles. The van der Waals surface area contributed by atoms with Crippen molar-refractivity contribution in [2.45, 2.75) is 56.6 Å². The van der Waals surface area contributed by atoms with Gasteiger partial charge in [-0.25, -0.2) is 9.97 Å². The molecule has 4 aliphatic rings. The molecule has 1 aromatic heterocycles. The van der Waals surface area contributed by atoms with Gasteiger partial charge in [0.1, 0.15) is 18.2 Å². The number of amides is 6. The lowest BCUT2D eigenvalue weighted by atomic mass is 9.97. The molecule has 4 heterocycles. The van der Waals surface area contributed by atoms with Crippen LogP contribution in [0.1, 0.15) is 88.1 Å². The van der Waals surface area contributed by atoms with Crippen LogP contribution in [0, 0.1) is 0 Å². The topological polar surface area (TPSA) is 215 Å². The van der Waals surface area contributed by atoms with Gasteiger partial charge in [-0.3, -0.25) is 39.0 Å². The summed E-state index contributed by atoms with van der Waals surface area (Å²) in [6.45, 7) is 6.08. The molecule has 4 atom stereocenters. The largest absolute Gasteiger partial charge is 0.387 e. The molecule has 312 valence electrons. The number of fused-ring (bicyclic) bond motifs is 2. The van der Waals surface area contributed by atoms with Gasteiger partial charge in [0.15, 0.2) is 0 Å². The molecule has 18 heteroatoms. The van der Waals surface area contributed by atoms with Gasteiger partial charge in [0.25, 0.3) is 11.8 Å². The zero-order valence-electron chi connectivity index (χ0n) is 32.7. The fourth-order valence-corrected chi connectivity index (χ4v) is 8.30. The Hall–Kier alpha value is -5.49. The first-order valence-electron chi connectivity index (χ1n) is 20.0. The summed E-state index contributed by atoms with van der Waals surface area (Å²) in [6.07, 6.45) is 1.85. The van der Waals surface area contributed by atoms with E-state index in [-0.39, 0.29) is 67.9 Å². The smallest absolute Gasteiger partial charge is 0.264 e. The number of rotatable bonds is 16. The van der Waals surface area contributed by atoms with Crippen LogP contribution >= 0.6 is 11.6 Å². The van der Waals surface area contributed by atoms with E-state index in [0.29, 0.717) is 68.6 Å². The number of carbonyl (C=O) groups excluding carboxylic acids is 6. The standard InChI is InChI=1S/C41H48ClN9O8/c1-24-21-31(52)36-34(24)37(47-23-46-36)49-15-17-50(18-16-49)39(56)28(25-5-7-26(42)8-6-25)22-43-12-11-32(53)45-14-20-59-19-13-44-29-4-2-3-27-35(29)41(58)51(40(27)57)30-9-10-33(54)48-38(30)55/h2-8,23-24,28,30-31,43-44,52H,9-22H2,1H3,(H,45,53)(H,48,54,55)/t24-,28-,30?,31-/m1/s1. The highest BCUT2D eigenvalue weighted by molar-refractivity contribution is 6.30. The zero-order chi connectivity index (χ0) is 41.6. The maximum Gasteiger partial charge on any atom is 0.264 e. The molecule has 7 rings (SSSR count). The molecule has 2 aromatic carbocycles. The number of carbonyl (C=O) groups is 6. The lowest BCUT2D eigenvalue weighted by Gasteiger charge is -2.38. The number of imide groups is 2. The quantitative estimate of drug-likeness (QED) is 0.103. The van der Waals surface area contributed by atoms with Crippen LogP contribution < -0.4 is 26.2 Å². The molecule has 6 amide bonds. The number of anilines is 2. The normalized spacial score (nSPS) is 20.7. The van der Waals surface area contributed by atoms with E-state index in [9.17, 15) is 33.9 Å². The van der Waals surface area contributed by atoms with Gasteiger partial charge in [0.05, 0.1) is 42.1 Å². The lowest BCUT2D eigenvalue weighted by molar-refractivity contribution is -0.136. The van der Waals surface area contributed by atoms with Crippen molar-refractivity contribution in [3.63, 3.8) is 0 Å². The van der Waals surface area contributed by atoms with Gasteiger partial charge in [-0.05, 0) is 48.6 Å². The lowest BCUT2D eigenvalue weighted by Crippen LogP contribution is -2.54. The minimum Gasteiger partial charge on any atom is -0.387 e. The van der Waals surface area contributed by atoms with Crippen LogP contribution in [0.2, 0.25) is 5.02 Å². The molecule has 1 aliphatic carbocycles. The van der Waals surface area contributed by atoms with E-state index in [1.807, 2.05) is 17.0 Å². The number of aliphatic hydroxyl groups is 1. The fraction of sp³-hybridized carbons (Fsp3) is 0.463. The second-order valence-corrected chi connectivity index (χ2v) is 15.5. The Kier molecular flexibility index (Phi) is 13.1. The van der Waals surface area contributed by atoms with Crippen molar-refractivity contribution in [3.05, 3.63) is 81.8 Å². The average molecular weight is 830 g/mol. The Labute approximate surface area is 346 Å². The molecule has 0 spiro atoms. The maximum atomic E-state index is 14.0. The zero-order valence-corrected chi connectivity index (χ0v) is 33.5. The molecule has 59 heavy (non-hydrogen) atoms. The third-order valence-electron chi connectivity index (χ3n) is 11.2. The average Bonchev–Trinajstić information content (AvgIpc) is 3.67. The third kappa shape index (κ3) is 9.22. The minimum absolute atomic E-state index is 0.0156. The van der Waals surface area contributed by atoms with E-state index in [0.717, 1.165) is 21.8 Å². The van der Waals surface area contributed by atoms with Crippen molar-refractivity contribution >= 4 is 58.5 Å². The molecule has 5 N–H and O–H groups in total. The Morgan fingerprint density at radius 2 is 1.75 bits per heavy atom. The van der Waals surface area contributed by atoms with Crippen molar-refractivity contribution in [2.24, 2.45) is 0 Å². The SMILES string of the molecule is C[C@@H]1C[C@@H](O)c2ncnc(N3CCN(C(=O)[C@H](CNCCC(=O)NCCOCCNc4cccc5c4C(=O)N(C4CCC(=O)NC4=O)C5=O)c4ccc(Cl)cc4)CC3)c21. The molecule has 0 bridgehead atoms. The van der Waals surface area contributed by atoms with E-state index in [1.54, 1.807) is 24.3 Å². The first-order chi connectivity index (χ1) is 28.5. The second kappa shape index (κ2) is 18.6. The van der Waals surface area contributed by atoms with E-state index < -0.39 is 41.7 Å². The van der Waals surface area contributed by atoms with Crippen LogP contribution in [0.3, 0.4) is 0 Å². The number of halogens is 1. The summed E-state index contributed by atoms with van der Waals surface area (Å²) < 4.78 is 5.66. The summed E-state index contributed by atoms with van der Waals surface area (Å²) in [5, 5.41) is 22.5. The number of ether oxygens (including phenoxy) is 1. The van der Waals surface area contributed by atoms with Crippen molar-refractivity contribution < 1.29 is 38.6 Å². The van der Waals surface area contributed by atoms with Gasteiger partial charge < -0.3 is 35.6 Å². The molecule has 3 aromatic rings. The number of piperazine rings is 1. The number of piperidine rings is 1. The Morgan fingerprint density at radius 1 is 0.983 bits per heavy atom. The summed E-state index contributed by atoms with van der Waals surface area (Å²) >= 11 is 6.16. The van der Waals surface area contributed by atoms with Crippen LogP contribution in [0.25, 0.3) is 0 Å². The second-order valence-electron chi connectivity index (χ2n) is 15.1. The monoisotopic (exact) mass is 829 g/mol. The first-order valence-corrected chi connectivity index (χ1v) is 20.3. The number of benzene rings is 2. The highest BCUT2D eigenvalue weighted by Crippen LogP contribution is 2.43. The summed E-state index contributed by atoms with van der Waals surface area (Å²) in [6, 6.07) is 11.0. The molecule has 2 fully saturated rings. The van der Waals surface area contributed by atoms with Gasteiger partial charge in [-0.2, -0.15) is 0 Å². The molecule has 0 radical (unpaired) electrons. The molecular formula is C41H48ClN9O8. The maximum absolute atomic E-state index is 14.0. The van der Waals surface area contributed by atoms with Gasteiger partial charge >= 0.3 is 0 Å². The number of aliphatic hydroxyl groups excluding tert-OH is 1. The minimum atomic E-state index is -1.05. The number of hydrogen-bond donors (Lipinski definition) is 5. The molecule has 1 unspecified atom stereocenters. The Morgan fingerprint density at radius 3 is 2.51 bits per heavy atom. The van der Waals surface area contributed by atoms with Crippen LogP contribution in [0.5, 0.6) is 0 Å². The van der Waals surface area contributed by atoms with Gasteiger partial charge in [-0.1, -0.05) is 36.7 Å². The predicted molar refractivity (Wildman–Crippen MR) is 216 cm³/mol. The van der Waals surface area contributed by atoms with E-state index in [1.165, 1.54) is 12.4 Å². The number of nitrogens with one attached hydrogen (secondary N) is 4. The fourth-order valence-electron chi connectivity index (χ4n) is 8.18. The Balaban J connectivity index is 0.817. The molecule has 2 saturated heterocycles. The van der Waals surface area contributed by atoms with Gasteiger partial charge in [0.2, 0.25) is 23.6 Å². The number of hydrogen-bond acceptors (Lipinski definition) is 13. The van der Waals surface area contributed by atoms with E-state index in [2.05, 4.69) is 43.1 Å². The number of nitrogens with zero attached hydrogens (tertiary/aromatic N) is 5. The highest BCUT2D eigenvalue weighted by Gasteiger charge is 2.45. The van der Waals surface area contributed by atoms with Gasteiger partial charge in [0, 0.05) is 81.5 Å². The first kappa shape index (κ1) is 41.7. The summed E-state index contributed by atoms with van der Waals surface area (Å²) in [7, 11) is 0. The molecule has 0 saturated carbocycles. The highest BCUT2D eigenvalue weighted by atomic mass is 35.5. The molecular weight excluding hydrogens is 782 g/mol. The van der Waals surface area contributed by atoms with Crippen molar-refractivity contribution in [3.8, 4) is 0 Å². The number of aromatic nitrogens is 2. The Bertz CT molecular complexity index is 2090. The van der Waals surface area contributed by atoms with Gasteiger partial charge in [-0.15, -0.1) is 0 Å². The molecule has 17 nitrogen and oxygen atoms in total. The van der Waals surface area contributed by atoms with Crippen LogP contribution in [0.4, 0.5) is 11.5 Å². The van der Waals surface area contributed by atoms with Crippen LogP contribution in [0.15, 0.2) is 48.8 Å². The van der Waals surface area contributed by atoms with Crippen molar-refractivity contribution in [1.29, 1.82) is 0 Å².